The number of nitrogens with one attached hydrogen (secondary N) is 1. The minimum absolute atomic E-state index is 0.412. The Bertz CT molecular complexity index is 536. The first kappa shape index (κ1) is 12.0. The van der Waals surface area contributed by atoms with Gasteiger partial charge in [0.05, 0.1) is 12.1 Å². The third-order valence-electron chi connectivity index (χ3n) is 2.13. The van der Waals surface area contributed by atoms with E-state index in [1.54, 1.807) is 22.7 Å². The van der Waals surface area contributed by atoms with Crippen molar-refractivity contribution < 1.29 is 0 Å². The van der Waals surface area contributed by atoms with Gasteiger partial charge in [-0.25, -0.2) is 0 Å². The summed E-state index contributed by atoms with van der Waals surface area (Å²) in [5.41, 5.74) is 0.715. The van der Waals surface area contributed by atoms with Gasteiger partial charge < -0.3 is 5.32 Å². The molecule has 1 N–H and O–H groups in total. The molecule has 0 aliphatic heterocycles. The molecule has 0 saturated carbocycles. The maximum absolute atomic E-state index is 8.72. The first-order valence-corrected chi connectivity index (χ1v) is 6.93. The molecule has 0 spiro atoms. The minimum Gasteiger partial charge on any atom is -0.355 e. The molecule has 2 heterocycles. The van der Waals surface area contributed by atoms with E-state index in [9.17, 15) is 0 Å². The molecular formula is C11H12N4S2. The average molecular weight is 264 g/mol. The van der Waals surface area contributed by atoms with E-state index in [1.165, 1.54) is 0 Å². The summed E-state index contributed by atoms with van der Waals surface area (Å²) in [4.78, 5) is 1.13. The molecule has 0 amide bonds. The first-order chi connectivity index (χ1) is 8.19. The molecule has 0 unspecified atom stereocenters. The summed E-state index contributed by atoms with van der Waals surface area (Å²) in [6.07, 6.45) is 0. The zero-order valence-corrected chi connectivity index (χ0v) is 11.2. The number of nitrogens with zero attached hydrogens (tertiary/aromatic N) is 3. The smallest absolute Gasteiger partial charge is 0.205 e. The fourth-order valence-corrected chi connectivity index (χ4v) is 2.73. The molecule has 2 aromatic rings. The summed E-state index contributed by atoms with van der Waals surface area (Å²) in [5.74, 6) is 0.412. The highest BCUT2D eigenvalue weighted by molar-refractivity contribution is 7.15. The zero-order valence-electron chi connectivity index (χ0n) is 9.60. The summed E-state index contributed by atoms with van der Waals surface area (Å²) in [6, 6.07) is 4.01. The van der Waals surface area contributed by atoms with Crippen LogP contribution in [0.2, 0.25) is 0 Å². The predicted octanol–water partition coefficient (Wildman–Crippen LogP) is 3.21. The van der Waals surface area contributed by atoms with Gasteiger partial charge in [-0.05, 0) is 6.07 Å². The van der Waals surface area contributed by atoms with Gasteiger partial charge in [-0.15, -0.1) is 21.5 Å². The van der Waals surface area contributed by atoms with Crippen LogP contribution in [0.5, 0.6) is 0 Å². The number of hydrogen-bond donors (Lipinski definition) is 1. The van der Waals surface area contributed by atoms with Gasteiger partial charge in [0.1, 0.15) is 11.1 Å². The number of aromatic nitrogens is 2. The van der Waals surface area contributed by atoms with E-state index in [4.69, 9.17) is 5.26 Å². The maximum atomic E-state index is 8.72. The third-order valence-corrected chi connectivity index (χ3v) is 4.25. The second-order valence-corrected chi connectivity index (χ2v) is 5.87. The van der Waals surface area contributed by atoms with Crippen LogP contribution in [0.3, 0.4) is 0 Å². The van der Waals surface area contributed by atoms with Gasteiger partial charge in [-0.3, -0.25) is 0 Å². The molecule has 17 heavy (non-hydrogen) atoms. The number of nitriles is 1. The molecule has 0 fully saturated rings. The fraction of sp³-hybridized carbons (Fsp3) is 0.364. The van der Waals surface area contributed by atoms with Crippen molar-refractivity contribution in [2.45, 2.75) is 26.3 Å². The minimum atomic E-state index is 0.412. The van der Waals surface area contributed by atoms with E-state index in [1.807, 2.05) is 11.4 Å². The highest BCUT2D eigenvalue weighted by Crippen LogP contribution is 2.23. The molecule has 0 radical (unpaired) electrons. The quantitative estimate of drug-likeness (QED) is 0.921. The van der Waals surface area contributed by atoms with Gasteiger partial charge in [-0.2, -0.15) is 5.26 Å². The molecule has 88 valence electrons. The molecular weight excluding hydrogens is 252 g/mol. The second-order valence-electron chi connectivity index (χ2n) is 3.87. The highest BCUT2D eigenvalue weighted by Gasteiger charge is 2.07. The van der Waals surface area contributed by atoms with E-state index in [-0.39, 0.29) is 0 Å². The number of thiophene rings is 1. The van der Waals surface area contributed by atoms with Crippen LogP contribution >= 0.6 is 22.7 Å². The number of hydrogen-bond acceptors (Lipinski definition) is 6. The molecule has 2 rings (SSSR count). The lowest BCUT2D eigenvalue weighted by Gasteiger charge is -1.98. The van der Waals surface area contributed by atoms with Crippen LogP contribution in [0.4, 0.5) is 5.13 Å². The van der Waals surface area contributed by atoms with E-state index < -0.39 is 0 Å². The van der Waals surface area contributed by atoms with E-state index in [0.29, 0.717) is 18.0 Å². The topological polar surface area (TPSA) is 61.6 Å². The average Bonchev–Trinajstić information content (AvgIpc) is 2.95. The lowest BCUT2D eigenvalue weighted by molar-refractivity contribution is 0.824. The Morgan fingerprint density at radius 3 is 2.88 bits per heavy atom. The summed E-state index contributed by atoms with van der Waals surface area (Å²) in [7, 11) is 0. The van der Waals surface area contributed by atoms with Crippen molar-refractivity contribution in [1.82, 2.24) is 10.2 Å². The lowest BCUT2D eigenvalue weighted by atomic mass is 10.2. The molecule has 0 aliphatic rings. The molecule has 0 aliphatic carbocycles. The van der Waals surface area contributed by atoms with Gasteiger partial charge >= 0.3 is 0 Å². The Hall–Kier alpha value is -1.45. The Kier molecular flexibility index (Phi) is 3.71. The molecule has 0 atom stereocenters. The molecule has 6 heteroatoms. The molecule has 0 aromatic carbocycles. The summed E-state index contributed by atoms with van der Waals surface area (Å²) in [6.45, 7) is 4.89. The lowest BCUT2D eigenvalue weighted by Crippen LogP contribution is -1.96. The first-order valence-electron chi connectivity index (χ1n) is 5.24. The van der Waals surface area contributed by atoms with Crippen LogP contribution in [0.25, 0.3) is 0 Å². The molecule has 0 saturated heterocycles. The van der Waals surface area contributed by atoms with Crippen molar-refractivity contribution >= 4 is 27.8 Å². The van der Waals surface area contributed by atoms with Crippen molar-refractivity contribution in [3.63, 3.8) is 0 Å². The van der Waals surface area contributed by atoms with Crippen LogP contribution < -0.4 is 5.32 Å². The van der Waals surface area contributed by atoms with Gasteiger partial charge in [0, 0.05) is 16.2 Å². The van der Waals surface area contributed by atoms with Crippen molar-refractivity contribution in [1.29, 1.82) is 5.26 Å². The third kappa shape index (κ3) is 3.02. The SMILES string of the molecule is CC(C)c1nnc(NCc2cc(C#N)cs2)s1. The number of anilines is 1. The van der Waals surface area contributed by atoms with Gasteiger partial charge in [-0.1, -0.05) is 25.2 Å². The van der Waals surface area contributed by atoms with Crippen molar-refractivity contribution in [2.75, 3.05) is 5.32 Å². The Balaban J connectivity index is 1.95. The summed E-state index contributed by atoms with van der Waals surface area (Å²) >= 11 is 3.16. The summed E-state index contributed by atoms with van der Waals surface area (Å²) < 4.78 is 0. The van der Waals surface area contributed by atoms with Gasteiger partial charge in [0.25, 0.3) is 0 Å². The van der Waals surface area contributed by atoms with Crippen LogP contribution in [0.1, 0.15) is 35.2 Å². The van der Waals surface area contributed by atoms with E-state index in [2.05, 4.69) is 35.4 Å². The Morgan fingerprint density at radius 1 is 1.47 bits per heavy atom. The Morgan fingerprint density at radius 2 is 2.29 bits per heavy atom. The maximum Gasteiger partial charge on any atom is 0.205 e. The van der Waals surface area contributed by atoms with Gasteiger partial charge in [0.2, 0.25) is 5.13 Å². The number of rotatable bonds is 4. The molecule has 2 aromatic heterocycles. The highest BCUT2D eigenvalue weighted by atomic mass is 32.1. The largest absolute Gasteiger partial charge is 0.355 e. The monoisotopic (exact) mass is 264 g/mol. The van der Waals surface area contributed by atoms with Crippen LogP contribution in [-0.4, -0.2) is 10.2 Å². The van der Waals surface area contributed by atoms with Crippen LogP contribution in [-0.2, 0) is 6.54 Å². The van der Waals surface area contributed by atoms with E-state index >= 15 is 0 Å². The zero-order chi connectivity index (χ0) is 12.3. The summed E-state index contributed by atoms with van der Waals surface area (Å²) in [5, 5.41) is 23.8. The van der Waals surface area contributed by atoms with Crippen LogP contribution in [0, 0.1) is 11.3 Å². The molecule has 0 bridgehead atoms. The standard InChI is InChI=1S/C11H12N4S2/c1-7(2)10-14-15-11(17-10)13-5-9-3-8(4-12)6-16-9/h3,6-7H,5H2,1-2H3,(H,13,15). The van der Waals surface area contributed by atoms with Gasteiger partial charge in [0.15, 0.2) is 0 Å². The Labute approximate surface area is 108 Å². The second kappa shape index (κ2) is 5.25. The van der Waals surface area contributed by atoms with Crippen molar-refractivity contribution in [3.05, 3.63) is 26.9 Å². The van der Waals surface area contributed by atoms with Crippen molar-refractivity contribution in [3.8, 4) is 6.07 Å². The van der Waals surface area contributed by atoms with Crippen molar-refractivity contribution in [2.24, 2.45) is 0 Å². The van der Waals surface area contributed by atoms with Crippen LogP contribution in [0.15, 0.2) is 11.4 Å². The fourth-order valence-electron chi connectivity index (χ4n) is 1.23. The predicted molar refractivity (Wildman–Crippen MR) is 70.4 cm³/mol. The van der Waals surface area contributed by atoms with E-state index in [0.717, 1.165) is 15.0 Å². The molecule has 4 nitrogen and oxygen atoms in total. The normalized spacial score (nSPS) is 10.5.